The second-order valence-electron chi connectivity index (χ2n) is 9.29. The minimum Gasteiger partial charge on any atom is -0.394 e. The molecule has 2 aliphatic heterocycles. The Morgan fingerprint density at radius 1 is 1.05 bits per heavy atom. The number of aromatic amines is 2. The molecule has 0 saturated carbocycles. The fraction of sp³-hybridized carbons (Fsp3) is 0.591. The van der Waals surface area contributed by atoms with Crippen molar-refractivity contribution in [1.82, 2.24) is 30.2 Å². The maximum absolute atomic E-state index is 13.0. The zero-order chi connectivity index (χ0) is 28.3. The molecule has 2 saturated heterocycles. The minimum absolute atomic E-state index is 0.0142. The van der Waals surface area contributed by atoms with E-state index in [9.17, 15) is 44.7 Å². The van der Waals surface area contributed by atoms with Gasteiger partial charge in [-0.25, -0.2) is 9.78 Å². The lowest BCUT2D eigenvalue weighted by molar-refractivity contribution is -0.131. The second kappa shape index (κ2) is 12.2. The molecule has 0 aromatic carbocycles. The van der Waals surface area contributed by atoms with Crippen molar-refractivity contribution in [3.63, 3.8) is 0 Å². The first-order chi connectivity index (χ1) is 18.6. The van der Waals surface area contributed by atoms with Gasteiger partial charge in [0.05, 0.1) is 25.5 Å². The van der Waals surface area contributed by atoms with E-state index in [2.05, 4.69) is 20.6 Å². The maximum atomic E-state index is 13.0. The number of aliphatic hydroxyl groups excluding tert-OH is 5. The second-order valence-corrected chi connectivity index (χ2v) is 9.29. The van der Waals surface area contributed by atoms with Crippen molar-refractivity contribution < 1.29 is 44.6 Å². The van der Waals surface area contributed by atoms with E-state index in [-0.39, 0.29) is 13.0 Å². The predicted molar refractivity (Wildman–Crippen MR) is 127 cm³/mol. The number of aromatic nitrogens is 4. The number of ether oxygens (including phenoxy) is 2. The van der Waals surface area contributed by atoms with Crippen LogP contribution in [0.1, 0.15) is 18.3 Å². The van der Waals surface area contributed by atoms with Crippen LogP contribution in [0.3, 0.4) is 0 Å². The average molecular weight is 555 g/mol. The lowest BCUT2D eigenvalue weighted by Crippen LogP contribution is -2.51. The Morgan fingerprint density at radius 3 is 2.41 bits per heavy atom. The van der Waals surface area contributed by atoms with E-state index in [0.29, 0.717) is 5.69 Å². The molecule has 0 aliphatic carbocycles. The van der Waals surface area contributed by atoms with Crippen LogP contribution in [0.5, 0.6) is 0 Å². The third-order valence-electron chi connectivity index (χ3n) is 6.60. The first kappa shape index (κ1) is 28.6. The molecule has 4 rings (SSSR count). The summed E-state index contributed by atoms with van der Waals surface area (Å²) in [5.74, 6) is -1.37. The molecule has 2 fully saturated rings. The number of nitrogens with one attached hydrogen (secondary N) is 4. The number of carbonyl (C=O) groups excluding carboxylic acids is 2. The van der Waals surface area contributed by atoms with Gasteiger partial charge in [0.25, 0.3) is 5.56 Å². The zero-order valence-electron chi connectivity index (χ0n) is 20.4. The number of rotatable bonds is 10. The highest BCUT2D eigenvalue weighted by Crippen LogP contribution is 2.28. The summed E-state index contributed by atoms with van der Waals surface area (Å²) in [5.41, 5.74) is -1.01. The normalized spacial score (nSPS) is 31.2. The van der Waals surface area contributed by atoms with Crippen LogP contribution in [-0.2, 0) is 25.5 Å². The summed E-state index contributed by atoms with van der Waals surface area (Å²) in [6, 6.07) is -0.113. The third-order valence-corrected chi connectivity index (χ3v) is 6.60. The monoisotopic (exact) mass is 554 g/mol. The number of H-pyrrole nitrogens is 2. The molecule has 0 radical (unpaired) electrons. The number of amides is 2. The summed E-state index contributed by atoms with van der Waals surface area (Å²) in [5, 5.41) is 55.1. The molecule has 214 valence electrons. The molecule has 2 amide bonds. The highest BCUT2D eigenvalue weighted by Gasteiger charge is 2.45. The zero-order valence-corrected chi connectivity index (χ0v) is 20.4. The van der Waals surface area contributed by atoms with Crippen LogP contribution in [0, 0.1) is 0 Å². The minimum atomic E-state index is -1.55. The molecule has 17 nitrogen and oxygen atoms in total. The van der Waals surface area contributed by atoms with Gasteiger partial charge < -0.3 is 50.6 Å². The number of hydrogen-bond donors (Lipinski definition) is 9. The Kier molecular flexibility index (Phi) is 8.90. The topological polar surface area (TPSA) is 261 Å². The first-order valence-corrected chi connectivity index (χ1v) is 12.1. The fourth-order valence-electron chi connectivity index (χ4n) is 4.49. The molecule has 9 atom stereocenters. The summed E-state index contributed by atoms with van der Waals surface area (Å²) in [6.07, 6.45) is -6.95. The summed E-state index contributed by atoms with van der Waals surface area (Å²) < 4.78 is 11.8. The highest BCUT2D eigenvalue weighted by atomic mass is 16.6. The van der Waals surface area contributed by atoms with Crippen LogP contribution < -0.4 is 21.9 Å². The van der Waals surface area contributed by atoms with E-state index < -0.39 is 91.1 Å². The van der Waals surface area contributed by atoms with E-state index in [1.54, 1.807) is 0 Å². The van der Waals surface area contributed by atoms with Gasteiger partial charge in [-0.05, 0) is 0 Å². The maximum Gasteiger partial charge on any atom is 0.330 e. The van der Waals surface area contributed by atoms with Crippen LogP contribution in [0.2, 0.25) is 0 Å². The Labute approximate surface area is 219 Å². The summed E-state index contributed by atoms with van der Waals surface area (Å²) in [7, 11) is 0. The Hall–Kier alpha value is -3.45. The first-order valence-electron chi connectivity index (χ1n) is 12.1. The Morgan fingerprint density at radius 2 is 1.77 bits per heavy atom. The molecule has 2 aromatic heterocycles. The van der Waals surface area contributed by atoms with Gasteiger partial charge in [0.15, 0.2) is 6.23 Å². The van der Waals surface area contributed by atoms with Gasteiger partial charge in [0.1, 0.15) is 42.7 Å². The van der Waals surface area contributed by atoms with Gasteiger partial charge in [-0.1, -0.05) is 0 Å². The van der Waals surface area contributed by atoms with Crippen LogP contribution in [0.4, 0.5) is 0 Å². The van der Waals surface area contributed by atoms with E-state index in [1.807, 2.05) is 4.98 Å². The number of nitrogens with zero attached hydrogens (tertiary/aromatic N) is 2. The van der Waals surface area contributed by atoms with Gasteiger partial charge in [-0.15, -0.1) is 0 Å². The van der Waals surface area contributed by atoms with Crippen molar-refractivity contribution in [3.8, 4) is 0 Å². The van der Waals surface area contributed by atoms with Gasteiger partial charge in [-0.3, -0.25) is 23.9 Å². The van der Waals surface area contributed by atoms with E-state index in [1.165, 1.54) is 12.5 Å². The smallest absolute Gasteiger partial charge is 0.330 e. The largest absolute Gasteiger partial charge is 0.394 e. The van der Waals surface area contributed by atoms with E-state index in [4.69, 9.17) is 9.47 Å². The van der Waals surface area contributed by atoms with Gasteiger partial charge in [0, 0.05) is 37.1 Å². The molecular weight excluding hydrogens is 524 g/mol. The van der Waals surface area contributed by atoms with Gasteiger partial charge in [-0.2, -0.15) is 0 Å². The molecule has 2 aromatic rings. The predicted octanol–water partition coefficient (Wildman–Crippen LogP) is -5.41. The molecule has 0 spiro atoms. The van der Waals surface area contributed by atoms with Gasteiger partial charge in [0.2, 0.25) is 11.8 Å². The Balaban J connectivity index is 1.38. The summed E-state index contributed by atoms with van der Waals surface area (Å²) in [6.45, 7) is -0.863. The standard InChI is InChI=1S/C22H30N6O11/c29-7-13-18(34)16(32)11(38-13)4-15(31)26-10(3-9-5-23-8-25-9)20(36)24-6-12-17(33)19(35)21(39-12)28-2-1-14(30)27-22(28)37/h1-2,5,8,10-13,16-19,21,29,32-35H,3-4,6-7H2,(H,23,25)(H,24,36)(H,26,31)(H,27,30,37)/t10-,11+,12+,13-,16-,17+,18-,19+,21+/m0/s1. The lowest BCUT2D eigenvalue weighted by Gasteiger charge is -2.22. The van der Waals surface area contributed by atoms with E-state index in [0.717, 1.165) is 16.8 Å². The van der Waals surface area contributed by atoms with Crippen molar-refractivity contribution in [2.45, 2.75) is 67.8 Å². The highest BCUT2D eigenvalue weighted by molar-refractivity contribution is 5.88. The van der Waals surface area contributed by atoms with Crippen LogP contribution in [-0.4, -0.2) is 119 Å². The molecule has 39 heavy (non-hydrogen) atoms. The molecule has 0 bridgehead atoms. The number of imidazole rings is 1. The van der Waals surface area contributed by atoms with Crippen molar-refractivity contribution >= 4 is 11.8 Å². The average Bonchev–Trinajstić information content (AvgIpc) is 3.58. The third kappa shape index (κ3) is 6.41. The molecule has 17 heteroatoms. The molecule has 0 unspecified atom stereocenters. The van der Waals surface area contributed by atoms with Crippen LogP contribution >= 0.6 is 0 Å². The molecule has 4 heterocycles. The molecule has 2 aliphatic rings. The Bertz CT molecular complexity index is 1250. The number of carbonyl (C=O) groups is 2. The van der Waals surface area contributed by atoms with Crippen molar-refractivity contribution in [2.75, 3.05) is 13.2 Å². The molecule has 9 N–H and O–H groups in total. The van der Waals surface area contributed by atoms with Crippen molar-refractivity contribution in [2.24, 2.45) is 0 Å². The SMILES string of the molecule is O=C(C[C@H]1O[C@@H](CO)[C@H](O)[C@H]1O)N[C@@H](Cc1cnc[nH]1)C(=O)NC[C@H]1O[C@@H](n2ccc(=O)[nH]c2=O)[C@H](O)[C@@H]1O. The van der Waals surface area contributed by atoms with Crippen molar-refractivity contribution in [1.29, 1.82) is 0 Å². The summed E-state index contributed by atoms with van der Waals surface area (Å²) in [4.78, 5) is 57.8. The van der Waals surface area contributed by atoms with Crippen molar-refractivity contribution in [3.05, 3.63) is 51.3 Å². The van der Waals surface area contributed by atoms with Crippen LogP contribution in [0.15, 0.2) is 34.4 Å². The molecular formula is C22H30N6O11. The fourth-order valence-corrected chi connectivity index (χ4v) is 4.49. The van der Waals surface area contributed by atoms with Crippen LogP contribution in [0.25, 0.3) is 0 Å². The quantitative estimate of drug-likeness (QED) is 0.133. The number of aliphatic hydroxyl groups is 5. The number of hydrogen-bond acceptors (Lipinski definition) is 12. The van der Waals surface area contributed by atoms with Gasteiger partial charge >= 0.3 is 5.69 Å². The van der Waals surface area contributed by atoms with E-state index >= 15 is 0 Å². The summed E-state index contributed by atoms with van der Waals surface area (Å²) >= 11 is 0. The lowest BCUT2D eigenvalue weighted by atomic mass is 10.0.